The molecule has 0 unspecified atom stereocenters. The van der Waals surface area contributed by atoms with Crippen LogP contribution in [0.1, 0.15) is 10.4 Å². The average Bonchev–Trinajstić information content (AvgIpc) is 2.80. The van der Waals surface area contributed by atoms with E-state index in [-0.39, 0.29) is 5.56 Å². The molecule has 88 valence electrons. The van der Waals surface area contributed by atoms with E-state index in [2.05, 4.69) is 9.97 Å². The summed E-state index contributed by atoms with van der Waals surface area (Å²) >= 11 is 0. The Kier molecular flexibility index (Phi) is 2.71. The van der Waals surface area contributed by atoms with Crippen LogP contribution >= 0.6 is 0 Å². The number of nitrogens with zero attached hydrogens (tertiary/aromatic N) is 1. The number of carbonyl (C=O) groups is 1. The van der Waals surface area contributed by atoms with Gasteiger partial charge in [0.15, 0.2) is 0 Å². The Hall–Kier alpha value is -2.11. The topological polar surface area (TPSA) is 45.8 Å². The van der Waals surface area contributed by atoms with Gasteiger partial charge in [-0.05, 0) is 5.56 Å². The van der Waals surface area contributed by atoms with Gasteiger partial charge in [0.05, 0.1) is 18.2 Å². The first-order chi connectivity index (χ1) is 7.98. The van der Waals surface area contributed by atoms with Gasteiger partial charge in [0, 0.05) is 5.56 Å². The van der Waals surface area contributed by atoms with Crippen molar-refractivity contribution in [3.8, 4) is 11.3 Å². The van der Waals surface area contributed by atoms with Gasteiger partial charge in [0.1, 0.15) is 0 Å². The zero-order valence-corrected chi connectivity index (χ0v) is 8.45. The van der Waals surface area contributed by atoms with Crippen LogP contribution in [0, 0.1) is 0 Å². The van der Waals surface area contributed by atoms with Crippen LogP contribution in [0.25, 0.3) is 11.3 Å². The van der Waals surface area contributed by atoms with E-state index in [0.29, 0.717) is 11.3 Å². The average molecular weight is 240 g/mol. The number of nitrogens with one attached hydrogen (secondary N) is 1. The highest BCUT2D eigenvalue weighted by atomic mass is 19.4. The fourth-order valence-corrected chi connectivity index (χ4v) is 1.38. The predicted molar refractivity (Wildman–Crippen MR) is 54.4 cm³/mol. The van der Waals surface area contributed by atoms with Crippen LogP contribution in [0.15, 0.2) is 36.8 Å². The molecule has 0 radical (unpaired) electrons. The molecule has 17 heavy (non-hydrogen) atoms. The summed E-state index contributed by atoms with van der Waals surface area (Å²) in [5.41, 5.74) is 0.970. The van der Waals surface area contributed by atoms with Crippen molar-refractivity contribution in [1.29, 1.82) is 0 Å². The van der Waals surface area contributed by atoms with Crippen molar-refractivity contribution in [1.82, 2.24) is 9.97 Å². The maximum atomic E-state index is 12.1. The van der Waals surface area contributed by atoms with Gasteiger partial charge in [-0.2, -0.15) is 13.2 Å². The van der Waals surface area contributed by atoms with E-state index < -0.39 is 12.0 Å². The lowest BCUT2D eigenvalue weighted by molar-refractivity contribution is -0.0885. The minimum atomic E-state index is -4.84. The van der Waals surface area contributed by atoms with Crippen LogP contribution < -0.4 is 0 Å². The second-order valence-electron chi connectivity index (χ2n) is 3.37. The molecule has 1 N–H and O–H groups in total. The summed E-state index contributed by atoms with van der Waals surface area (Å²) in [5.74, 6) is -1.84. The minimum Gasteiger partial charge on any atom is -0.345 e. The largest absolute Gasteiger partial charge is 0.454 e. The Morgan fingerprint density at radius 2 is 1.82 bits per heavy atom. The number of Topliss-reactive ketones (excluding diaryl/α,β-unsaturated/α-hetero) is 1. The quantitative estimate of drug-likeness (QED) is 0.820. The first-order valence-electron chi connectivity index (χ1n) is 4.69. The minimum absolute atomic E-state index is 0.374. The lowest BCUT2D eigenvalue weighted by Gasteiger charge is -2.05. The van der Waals surface area contributed by atoms with Crippen LogP contribution in [-0.4, -0.2) is 21.9 Å². The number of hydrogen-bond donors (Lipinski definition) is 1. The number of carbonyl (C=O) groups excluding carboxylic acids is 1. The number of rotatable bonds is 2. The Balaban J connectivity index is 2.28. The lowest BCUT2D eigenvalue weighted by Crippen LogP contribution is -2.22. The Morgan fingerprint density at radius 1 is 1.18 bits per heavy atom. The summed E-state index contributed by atoms with van der Waals surface area (Å²) in [6.07, 6.45) is -1.83. The molecule has 3 nitrogen and oxygen atoms in total. The van der Waals surface area contributed by atoms with Crippen molar-refractivity contribution < 1.29 is 18.0 Å². The smallest absolute Gasteiger partial charge is 0.345 e. The standard InChI is InChI=1S/C11H7F3N2O/c12-11(13,14)10(17)8-3-1-7(2-4-8)9-5-15-6-16-9/h1-6H,(H,15,16). The van der Waals surface area contributed by atoms with E-state index in [4.69, 9.17) is 0 Å². The molecule has 0 saturated heterocycles. The predicted octanol–water partition coefficient (Wildman–Crippen LogP) is 2.82. The number of alkyl halides is 3. The highest BCUT2D eigenvalue weighted by molar-refractivity contribution is 6.00. The number of aromatic nitrogens is 2. The molecule has 6 heteroatoms. The van der Waals surface area contributed by atoms with Gasteiger partial charge in [-0.25, -0.2) is 4.98 Å². The fourth-order valence-electron chi connectivity index (χ4n) is 1.38. The summed E-state index contributed by atoms with van der Waals surface area (Å²) in [6.45, 7) is 0. The molecule has 0 aliphatic carbocycles. The van der Waals surface area contributed by atoms with Crippen molar-refractivity contribution >= 4 is 5.78 Å². The first-order valence-corrected chi connectivity index (χ1v) is 4.69. The Labute approximate surface area is 94.3 Å². The van der Waals surface area contributed by atoms with Gasteiger partial charge < -0.3 is 4.98 Å². The van der Waals surface area contributed by atoms with Gasteiger partial charge in [0.25, 0.3) is 5.78 Å². The SMILES string of the molecule is O=C(c1ccc(-c2cnc[nH]2)cc1)C(F)(F)F. The Bertz CT molecular complexity index is 515. The van der Waals surface area contributed by atoms with E-state index in [1.54, 1.807) is 6.20 Å². The zero-order chi connectivity index (χ0) is 12.5. The lowest BCUT2D eigenvalue weighted by atomic mass is 10.1. The van der Waals surface area contributed by atoms with E-state index in [0.717, 1.165) is 12.1 Å². The number of aromatic amines is 1. The van der Waals surface area contributed by atoms with Crippen LogP contribution in [0.4, 0.5) is 13.2 Å². The van der Waals surface area contributed by atoms with E-state index >= 15 is 0 Å². The fraction of sp³-hybridized carbons (Fsp3) is 0.0909. The Morgan fingerprint density at radius 3 is 2.29 bits per heavy atom. The van der Waals surface area contributed by atoms with Crippen LogP contribution in [-0.2, 0) is 0 Å². The van der Waals surface area contributed by atoms with Crippen molar-refractivity contribution in [2.24, 2.45) is 0 Å². The number of H-pyrrole nitrogens is 1. The van der Waals surface area contributed by atoms with Gasteiger partial charge in [-0.3, -0.25) is 4.79 Å². The molecule has 0 atom stereocenters. The third kappa shape index (κ3) is 2.35. The highest BCUT2D eigenvalue weighted by Crippen LogP contribution is 2.23. The molecule has 0 fully saturated rings. The molecule has 0 saturated carbocycles. The third-order valence-corrected chi connectivity index (χ3v) is 2.21. The molecule has 0 aliphatic heterocycles. The molecule has 0 bridgehead atoms. The summed E-state index contributed by atoms with van der Waals surface area (Å²) in [7, 11) is 0. The molecule has 0 aliphatic rings. The molecule has 1 aromatic heterocycles. The normalized spacial score (nSPS) is 11.5. The highest BCUT2D eigenvalue weighted by Gasteiger charge is 2.39. The molecule has 0 amide bonds. The van der Waals surface area contributed by atoms with E-state index in [1.165, 1.54) is 18.5 Å². The molecule has 2 rings (SSSR count). The van der Waals surface area contributed by atoms with Crippen LogP contribution in [0.5, 0.6) is 0 Å². The molecular formula is C11H7F3N2O. The summed E-state index contributed by atoms with van der Waals surface area (Å²) in [6, 6.07) is 5.16. The monoisotopic (exact) mass is 240 g/mol. The third-order valence-electron chi connectivity index (χ3n) is 2.21. The second-order valence-corrected chi connectivity index (χ2v) is 3.37. The van der Waals surface area contributed by atoms with Crippen molar-refractivity contribution in [2.75, 3.05) is 0 Å². The summed E-state index contributed by atoms with van der Waals surface area (Å²) in [5, 5.41) is 0. The molecule has 2 aromatic rings. The number of benzene rings is 1. The summed E-state index contributed by atoms with van der Waals surface area (Å²) < 4.78 is 36.4. The number of imidazole rings is 1. The number of ketones is 1. The van der Waals surface area contributed by atoms with Crippen LogP contribution in [0.2, 0.25) is 0 Å². The van der Waals surface area contributed by atoms with E-state index in [1.807, 2.05) is 0 Å². The maximum absolute atomic E-state index is 12.1. The number of hydrogen-bond acceptors (Lipinski definition) is 2. The molecule has 0 spiro atoms. The molecule has 1 heterocycles. The second kappa shape index (κ2) is 4.04. The first kappa shape index (κ1) is 11.4. The zero-order valence-electron chi connectivity index (χ0n) is 8.45. The van der Waals surface area contributed by atoms with Gasteiger partial charge in [-0.15, -0.1) is 0 Å². The summed E-state index contributed by atoms with van der Waals surface area (Å²) in [4.78, 5) is 17.5. The van der Waals surface area contributed by atoms with Crippen molar-refractivity contribution in [2.45, 2.75) is 6.18 Å². The van der Waals surface area contributed by atoms with Crippen molar-refractivity contribution in [3.05, 3.63) is 42.4 Å². The molecule has 1 aromatic carbocycles. The van der Waals surface area contributed by atoms with Gasteiger partial charge >= 0.3 is 6.18 Å². The number of halogens is 3. The van der Waals surface area contributed by atoms with Crippen LogP contribution in [0.3, 0.4) is 0 Å². The molecular weight excluding hydrogens is 233 g/mol. The van der Waals surface area contributed by atoms with Gasteiger partial charge in [-0.1, -0.05) is 24.3 Å². The van der Waals surface area contributed by atoms with Crippen molar-refractivity contribution in [3.63, 3.8) is 0 Å². The van der Waals surface area contributed by atoms with Gasteiger partial charge in [0.2, 0.25) is 0 Å². The maximum Gasteiger partial charge on any atom is 0.454 e. The van der Waals surface area contributed by atoms with E-state index in [9.17, 15) is 18.0 Å².